The number of carbonyl (C=O) groups is 1. The van der Waals surface area contributed by atoms with Crippen LogP contribution < -0.4 is 32.6 Å². The third-order valence-corrected chi connectivity index (χ3v) is 4.01. The van der Waals surface area contributed by atoms with Gasteiger partial charge in [-0.3, -0.25) is 0 Å². The summed E-state index contributed by atoms with van der Waals surface area (Å²) in [6, 6.07) is 8.96. The predicted octanol–water partition coefficient (Wildman–Crippen LogP) is 3.23. The second kappa shape index (κ2) is 7.60. The van der Waals surface area contributed by atoms with Crippen molar-refractivity contribution in [3.63, 3.8) is 0 Å². The van der Waals surface area contributed by atoms with Crippen LogP contribution in [0.2, 0.25) is 0 Å². The van der Waals surface area contributed by atoms with Gasteiger partial charge in [-0.05, 0) is 36.4 Å². The van der Waals surface area contributed by atoms with Gasteiger partial charge in [0.05, 0.1) is 5.56 Å². The Hall–Kier alpha value is -2.18. The van der Waals surface area contributed by atoms with Crippen LogP contribution in [0.25, 0.3) is 0 Å². The first-order valence-electron chi connectivity index (χ1n) is 7.39. The van der Waals surface area contributed by atoms with Crippen molar-refractivity contribution in [2.45, 2.75) is 12.3 Å². The summed E-state index contributed by atoms with van der Waals surface area (Å²) in [5.41, 5.74) is 11.5. The summed E-state index contributed by atoms with van der Waals surface area (Å²) in [6.07, 6.45) is -4.82. The highest BCUT2D eigenvalue weighted by Gasteiger charge is 2.30. The maximum Gasteiger partial charge on any atom is 0.416 e. The first kappa shape index (κ1) is 18.6. The fraction of sp³-hybridized carbons (Fsp3) is 0.133. The number of carbonyl (C=O) groups excluding carboxylic acids is 1. The molecule has 6 N–H and O–H groups in total. The van der Waals surface area contributed by atoms with Crippen molar-refractivity contribution in [3.05, 3.63) is 58.1 Å². The Balaban J connectivity index is 1.75. The zero-order chi connectivity index (χ0) is 18.7. The van der Waals surface area contributed by atoms with Gasteiger partial charge in [-0.15, -0.1) is 0 Å². The van der Waals surface area contributed by atoms with Gasteiger partial charge in [0.15, 0.2) is 0 Å². The average molecular weight is 431 g/mol. The van der Waals surface area contributed by atoms with Crippen LogP contribution in [0.15, 0.2) is 46.9 Å². The Morgan fingerprint density at radius 2 is 1.77 bits per heavy atom. The van der Waals surface area contributed by atoms with Gasteiger partial charge in [0.1, 0.15) is 6.17 Å². The topological polar surface area (TPSA) is 89.2 Å². The minimum Gasteiger partial charge on any atom is -0.308 e. The zero-order valence-electron chi connectivity index (χ0n) is 13.0. The highest BCUT2D eigenvalue weighted by Crippen LogP contribution is 2.31. The van der Waals surface area contributed by atoms with Crippen molar-refractivity contribution in [2.75, 3.05) is 10.6 Å². The van der Waals surface area contributed by atoms with E-state index in [2.05, 4.69) is 48.5 Å². The Labute approximate surface area is 154 Å². The Morgan fingerprint density at radius 3 is 2.46 bits per heavy atom. The number of hydrogen-bond donors (Lipinski definition) is 6. The fourth-order valence-electron chi connectivity index (χ4n) is 2.35. The lowest BCUT2D eigenvalue weighted by Gasteiger charge is -2.17. The van der Waals surface area contributed by atoms with Gasteiger partial charge in [-0.1, -0.05) is 22.0 Å². The van der Waals surface area contributed by atoms with Gasteiger partial charge in [0, 0.05) is 21.4 Å². The molecule has 0 unspecified atom stereocenters. The van der Waals surface area contributed by atoms with Crippen molar-refractivity contribution < 1.29 is 18.0 Å². The molecule has 0 bridgehead atoms. The highest BCUT2D eigenvalue weighted by molar-refractivity contribution is 9.10. The third kappa shape index (κ3) is 4.51. The van der Waals surface area contributed by atoms with Gasteiger partial charge < -0.3 is 10.6 Å². The molecular formula is C15H14BrF3N6O. The van der Waals surface area contributed by atoms with E-state index in [1.807, 2.05) is 0 Å². The molecule has 138 valence electrons. The van der Waals surface area contributed by atoms with Crippen molar-refractivity contribution >= 4 is 33.3 Å². The van der Waals surface area contributed by atoms with Crippen LogP contribution in [0.3, 0.4) is 0 Å². The summed E-state index contributed by atoms with van der Waals surface area (Å²) in [5, 5.41) is 5.04. The highest BCUT2D eigenvalue weighted by atomic mass is 79.9. The molecule has 26 heavy (non-hydrogen) atoms. The molecule has 0 radical (unpaired) electrons. The second-order valence-corrected chi connectivity index (χ2v) is 6.28. The first-order chi connectivity index (χ1) is 12.3. The standard InChI is InChI=1S/C15H14BrF3N6O/c16-9-4-5-12(11(7-9)13-22-24-25-23-13)21-14(26)20-10-3-1-2-8(6-10)15(17,18)19/h1-7,13,22-25H,(H2,20,21,26). The molecule has 2 aromatic rings. The average Bonchev–Trinajstić information content (AvgIpc) is 3.10. The van der Waals surface area contributed by atoms with E-state index in [1.54, 1.807) is 18.2 Å². The number of benzene rings is 2. The molecule has 0 saturated carbocycles. The van der Waals surface area contributed by atoms with E-state index in [9.17, 15) is 18.0 Å². The summed E-state index contributed by atoms with van der Waals surface area (Å²) in [5.74, 6) is 0. The lowest BCUT2D eigenvalue weighted by Crippen LogP contribution is -2.33. The summed E-state index contributed by atoms with van der Waals surface area (Å²) >= 11 is 3.36. The molecule has 1 aliphatic rings. The van der Waals surface area contributed by atoms with Crippen LogP contribution in [0.4, 0.5) is 29.3 Å². The minimum atomic E-state index is -4.48. The van der Waals surface area contributed by atoms with Gasteiger partial charge in [0.25, 0.3) is 0 Å². The van der Waals surface area contributed by atoms with E-state index in [4.69, 9.17) is 0 Å². The number of anilines is 2. The van der Waals surface area contributed by atoms with Crippen LogP contribution in [-0.4, -0.2) is 6.03 Å². The lowest BCUT2D eigenvalue weighted by atomic mass is 10.1. The Kier molecular flexibility index (Phi) is 5.44. The number of hydrogen-bond acceptors (Lipinski definition) is 5. The predicted molar refractivity (Wildman–Crippen MR) is 93.5 cm³/mol. The van der Waals surface area contributed by atoms with E-state index in [1.165, 1.54) is 12.1 Å². The number of halogens is 4. The van der Waals surface area contributed by atoms with Gasteiger partial charge in [-0.2, -0.15) is 24.2 Å². The van der Waals surface area contributed by atoms with E-state index in [-0.39, 0.29) is 11.9 Å². The summed E-state index contributed by atoms with van der Waals surface area (Å²) in [6.45, 7) is 0. The summed E-state index contributed by atoms with van der Waals surface area (Å²) in [7, 11) is 0. The zero-order valence-corrected chi connectivity index (χ0v) is 14.6. The molecule has 0 spiro atoms. The quantitative estimate of drug-likeness (QED) is 0.450. The van der Waals surface area contributed by atoms with Crippen molar-refractivity contribution in [3.8, 4) is 0 Å². The monoisotopic (exact) mass is 430 g/mol. The molecule has 1 saturated heterocycles. The van der Waals surface area contributed by atoms with E-state index >= 15 is 0 Å². The number of nitrogens with one attached hydrogen (secondary N) is 6. The largest absolute Gasteiger partial charge is 0.416 e. The smallest absolute Gasteiger partial charge is 0.308 e. The molecule has 2 aromatic carbocycles. The lowest BCUT2D eigenvalue weighted by molar-refractivity contribution is -0.137. The number of alkyl halides is 3. The van der Waals surface area contributed by atoms with Crippen molar-refractivity contribution in [1.82, 2.24) is 21.9 Å². The van der Waals surface area contributed by atoms with Crippen LogP contribution in [0, 0.1) is 0 Å². The number of urea groups is 1. The number of amides is 2. The maximum atomic E-state index is 12.8. The SMILES string of the molecule is O=C(Nc1cccc(C(F)(F)F)c1)Nc1ccc(Br)cc1C1NNNN1. The Bertz CT molecular complexity index is 810. The van der Waals surface area contributed by atoms with Crippen LogP contribution >= 0.6 is 15.9 Å². The van der Waals surface area contributed by atoms with Crippen LogP contribution in [0.1, 0.15) is 17.3 Å². The normalized spacial score (nSPS) is 15.1. The molecule has 0 aromatic heterocycles. The van der Waals surface area contributed by atoms with Crippen LogP contribution in [0.5, 0.6) is 0 Å². The molecule has 3 rings (SSSR count). The summed E-state index contributed by atoms with van der Waals surface area (Å²) in [4.78, 5) is 12.2. The van der Waals surface area contributed by atoms with Crippen molar-refractivity contribution in [1.29, 1.82) is 0 Å². The fourth-order valence-corrected chi connectivity index (χ4v) is 2.73. The molecule has 11 heteroatoms. The number of rotatable bonds is 3. The van der Waals surface area contributed by atoms with E-state index in [0.717, 1.165) is 16.6 Å². The third-order valence-electron chi connectivity index (χ3n) is 3.52. The molecule has 1 aliphatic heterocycles. The molecule has 2 amide bonds. The molecule has 0 atom stereocenters. The first-order valence-corrected chi connectivity index (χ1v) is 8.18. The van der Waals surface area contributed by atoms with Crippen LogP contribution in [-0.2, 0) is 6.18 Å². The van der Waals surface area contributed by atoms with Crippen molar-refractivity contribution in [2.24, 2.45) is 0 Å². The van der Waals surface area contributed by atoms with Gasteiger partial charge in [-0.25, -0.2) is 15.6 Å². The molecule has 1 heterocycles. The van der Waals surface area contributed by atoms with Gasteiger partial charge in [0.2, 0.25) is 0 Å². The van der Waals surface area contributed by atoms with E-state index < -0.39 is 17.8 Å². The maximum absolute atomic E-state index is 12.8. The second-order valence-electron chi connectivity index (χ2n) is 5.36. The molecule has 1 fully saturated rings. The molecule has 0 aliphatic carbocycles. The minimum absolute atomic E-state index is 0.0384. The Morgan fingerprint density at radius 1 is 1.04 bits per heavy atom. The molecular weight excluding hydrogens is 417 g/mol. The molecule has 7 nitrogen and oxygen atoms in total. The summed E-state index contributed by atoms with van der Waals surface area (Å²) < 4.78 is 39.1. The van der Waals surface area contributed by atoms with E-state index in [0.29, 0.717) is 11.3 Å². The number of hydrazine groups is 3. The van der Waals surface area contributed by atoms with Gasteiger partial charge >= 0.3 is 12.2 Å².